The van der Waals surface area contributed by atoms with E-state index in [-0.39, 0.29) is 10.5 Å². The van der Waals surface area contributed by atoms with E-state index in [1.165, 1.54) is 24.7 Å². The molecule has 94 valence electrons. The van der Waals surface area contributed by atoms with E-state index in [2.05, 4.69) is 15.3 Å². The SMILES string of the molecule is O=C1Nc2cc(Sc3cnccn3)c(F)cc2C1=O. The molecule has 0 spiro atoms. The molecule has 1 amide bonds. The number of carbonyl (C=O) groups excluding carboxylic acids is 2. The van der Waals surface area contributed by atoms with Crippen molar-refractivity contribution in [3.8, 4) is 0 Å². The van der Waals surface area contributed by atoms with E-state index in [4.69, 9.17) is 0 Å². The van der Waals surface area contributed by atoms with Crippen LogP contribution in [0.1, 0.15) is 10.4 Å². The summed E-state index contributed by atoms with van der Waals surface area (Å²) < 4.78 is 13.9. The smallest absolute Gasteiger partial charge is 0.296 e. The maximum atomic E-state index is 13.9. The Labute approximate surface area is 111 Å². The van der Waals surface area contributed by atoms with Crippen LogP contribution in [-0.4, -0.2) is 21.7 Å². The number of carbonyl (C=O) groups is 2. The van der Waals surface area contributed by atoms with Gasteiger partial charge < -0.3 is 5.32 Å². The highest BCUT2D eigenvalue weighted by Gasteiger charge is 2.29. The van der Waals surface area contributed by atoms with E-state index in [0.717, 1.165) is 17.8 Å². The van der Waals surface area contributed by atoms with E-state index in [1.54, 1.807) is 0 Å². The van der Waals surface area contributed by atoms with Crippen LogP contribution in [0.4, 0.5) is 10.1 Å². The molecule has 1 aliphatic rings. The highest BCUT2D eigenvalue weighted by molar-refractivity contribution is 7.99. The number of fused-ring (bicyclic) bond motifs is 1. The zero-order valence-corrected chi connectivity index (χ0v) is 10.2. The standard InChI is InChI=1S/C12H6FN3O2S/c13-7-3-6-8(16-12(18)11(6)17)4-9(7)19-10-5-14-1-2-15-10/h1-5H,(H,16,17,18). The molecule has 0 radical (unpaired) electrons. The molecule has 0 saturated carbocycles. The third-order valence-corrected chi connectivity index (χ3v) is 3.48. The van der Waals surface area contributed by atoms with Crippen molar-refractivity contribution in [3.05, 3.63) is 42.1 Å². The predicted octanol–water partition coefficient (Wildman–Crippen LogP) is 1.90. The second-order valence-corrected chi connectivity index (χ2v) is 4.82. The number of benzene rings is 1. The number of nitrogens with one attached hydrogen (secondary N) is 1. The van der Waals surface area contributed by atoms with Crippen LogP contribution in [0.3, 0.4) is 0 Å². The molecule has 19 heavy (non-hydrogen) atoms. The quantitative estimate of drug-likeness (QED) is 0.847. The fourth-order valence-corrected chi connectivity index (χ4v) is 2.46. The molecule has 1 aromatic carbocycles. The number of amides is 1. The zero-order valence-electron chi connectivity index (χ0n) is 9.38. The Bertz CT molecular complexity index is 691. The lowest BCUT2D eigenvalue weighted by Crippen LogP contribution is -2.12. The Morgan fingerprint density at radius 2 is 2.05 bits per heavy atom. The molecule has 3 rings (SSSR count). The second kappa shape index (κ2) is 4.43. The minimum absolute atomic E-state index is 0.0611. The maximum absolute atomic E-state index is 13.9. The van der Waals surface area contributed by atoms with Gasteiger partial charge in [0, 0.05) is 12.4 Å². The van der Waals surface area contributed by atoms with Crippen molar-refractivity contribution in [1.29, 1.82) is 0 Å². The highest BCUT2D eigenvalue weighted by atomic mass is 32.2. The second-order valence-electron chi connectivity index (χ2n) is 3.76. The first-order valence-electron chi connectivity index (χ1n) is 5.28. The topological polar surface area (TPSA) is 72.0 Å². The molecule has 1 N–H and O–H groups in total. The summed E-state index contributed by atoms with van der Waals surface area (Å²) in [5, 5.41) is 2.92. The van der Waals surface area contributed by atoms with Crippen LogP contribution in [0.25, 0.3) is 0 Å². The molecule has 5 nitrogen and oxygen atoms in total. The first-order valence-corrected chi connectivity index (χ1v) is 6.10. The summed E-state index contributed by atoms with van der Waals surface area (Å²) in [5.41, 5.74) is 0.383. The van der Waals surface area contributed by atoms with Crippen LogP contribution in [0.15, 0.2) is 40.6 Å². The fraction of sp³-hybridized carbons (Fsp3) is 0. The van der Waals surface area contributed by atoms with Gasteiger partial charge in [-0.15, -0.1) is 0 Å². The molecule has 1 aliphatic heterocycles. The lowest BCUT2D eigenvalue weighted by atomic mass is 10.1. The van der Waals surface area contributed by atoms with Crippen molar-refractivity contribution >= 4 is 29.1 Å². The van der Waals surface area contributed by atoms with Crippen LogP contribution in [-0.2, 0) is 4.79 Å². The number of rotatable bonds is 2. The van der Waals surface area contributed by atoms with Gasteiger partial charge in [-0.25, -0.2) is 9.37 Å². The van der Waals surface area contributed by atoms with Gasteiger partial charge in [0.05, 0.1) is 22.3 Å². The average molecular weight is 275 g/mol. The van der Waals surface area contributed by atoms with Gasteiger partial charge in [-0.2, -0.15) is 0 Å². The van der Waals surface area contributed by atoms with Gasteiger partial charge in [-0.1, -0.05) is 11.8 Å². The minimum Gasteiger partial charge on any atom is -0.318 e. The third-order valence-electron chi connectivity index (χ3n) is 2.53. The van der Waals surface area contributed by atoms with Gasteiger partial charge >= 0.3 is 0 Å². The number of nitrogens with zero attached hydrogens (tertiary/aromatic N) is 2. The summed E-state index contributed by atoms with van der Waals surface area (Å²) in [6.45, 7) is 0. The monoisotopic (exact) mass is 275 g/mol. The van der Waals surface area contributed by atoms with Crippen LogP contribution >= 0.6 is 11.8 Å². The first kappa shape index (κ1) is 11.8. The summed E-state index contributed by atoms with van der Waals surface area (Å²) in [6, 6.07) is 2.49. The Morgan fingerprint density at radius 3 is 2.79 bits per heavy atom. The number of ketones is 1. The molecule has 1 aromatic heterocycles. The molecule has 0 atom stereocenters. The van der Waals surface area contributed by atoms with E-state index >= 15 is 0 Å². The summed E-state index contributed by atoms with van der Waals surface area (Å²) in [5.74, 6) is -2.03. The van der Waals surface area contributed by atoms with Crippen molar-refractivity contribution in [2.24, 2.45) is 0 Å². The fourth-order valence-electron chi connectivity index (χ4n) is 1.68. The van der Waals surface area contributed by atoms with Crippen molar-refractivity contribution < 1.29 is 14.0 Å². The van der Waals surface area contributed by atoms with Crippen molar-refractivity contribution in [1.82, 2.24) is 9.97 Å². The number of halogens is 1. The van der Waals surface area contributed by atoms with Gasteiger partial charge in [0.15, 0.2) is 0 Å². The maximum Gasteiger partial charge on any atom is 0.296 e. The molecule has 0 aliphatic carbocycles. The number of hydrogen-bond acceptors (Lipinski definition) is 5. The van der Waals surface area contributed by atoms with Crippen molar-refractivity contribution in [2.75, 3.05) is 5.32 Å². The van der Waals surface area contributed by atoms with Crippen LogP contribution in [0.5, 0.6) is 0 Å². The van der Waals surface area contributed by atoms with Gasteiger partial charge in [0.1, 0.15) is 10.8 Å². The molecule has 0 fully saturated rings. The lowest BCUT2D eigenvalue weighted by Gasteiger charge is -2.04. The minimum atomic E-state index is -0.740. The Morgan fingerprint density at radius 1 is 1.21 bits per heavy atom. The summed E-state index contributed by atoms with van der Waals surface area (Å²) in [6.07, 6.45) is 4.52. The Hall–Kier alpha value is -2.28. The lowest BCUT2D eigenvalue weighted by molar-refractivity contribution is -0.112. The molecular weight excluding hydrogens is 269 g/mol. The number of anilines is 1. The molecule has 7 heteroatoms. The normalized spacial score (nSPS) is 13.3. The molecule has 0 bridgehead atoms. The molecule has 0 saturated heterocycles. The summed E-state index contributed by atoms with van der Waals surface area (Å²) in [7, 11) is 0. The largest absolute Gasteiger partial charge is 0.318 e. The van der Waals surface area contributed by atoms with Crippen LogP contribution < -0.4 is 5.32 Å². The van der Waals surface area contributed by atoms with Gasteiger partial charge in [-0.05, 0) is 12.1 Å². The van der Waals surface area contributed by atoms with E-state index in [1.807, 2.05) is 0 Å². The molecular formula is C12H6FN3O2S. The number of Topliss-reactive ketones (excluding diaryl/α,β-unsaturated/α-hetero) is 1. The van der Waals surface area contributed by atoms with Gasteiger partial charge in [-0.3, -0.25) is 14.6 Å². The van der Waals surface area contributed by atoms with E-state index < -0.39 is 17.5 Å². The predicted molar refractivity (Wildman–Crippen MR) is 65.5 cm³/mol. The van der Waals surface area contributed by atoms with Crippen LogP contribution in [0.2, 0.25) is 0 Å². The van der Waals surface area contributed by atoms with E-state index in [9.17, 15) is 14.0 Å². The third kappa shape index (κ3) is 2.08. The Balaban J connectivity index is 1.99. The number of aromatic nitrogens is 2. The molecule has 2 heterocycles. The van der Waals surface area contributed by atoms with Crippen LogP contribution in [0, 0.1) is 5.82 Å². The first-order chi connectivity index (χ1) is 9.15. The average Bonchev–Trinajstić information content (AvgIpc) is 2.67. The Kier molecular flexibility index (Phi) is 2.75. The van der Waals surface area contributed by atoms with Gasteiger partial charge in [0.2, 0.25) is 0 Å². The summed E-state index contributed by atoms with van der Waals surface area (Å²) in [4.78, 5) is 30.8. The molecule has 2 aromatic rings. The molecule has 0 unspecified atom stereocenters. The zero-order chi connectivity index (χ0) is 13.4. The number of hydrogen-bond donors (Lipinski definition) is 1. The summed E-state index contributed by atoms with van der Waals surface area (Å²) >= 11 is 1.07. The van der Waals surface area contributed by atoms with Crippen molar-refractivity contribution in [2.45, 2.75) is 9.92 Å². The van der Waals surface area contributed by atoms with E-state index in [0.29, 0.717) is 10.7 Å². The highest BCUT2D eigenvalue weighted by Crippen LogP contribution is 2.34. The van der Waals surface area contributed by atoms with Crippen molar-refractivity contribution in [3.63, 3.8) is 0 Å². The van der Waals surface area contributed by atoms with Gasteiger partial charge in [0.25, 0.3) is 11.7 Å².